The molecule has 26 heavy (non-hydrogen) atoms. The van der Waals surface area contributed by atoms with Crippen molar-refractivity contribution in [1.82, 2.24) is 14.7 Å². The van der Waals surface area contributed by atoms with Crippen LogP contribution in [0.4, 0.5) is 0 Å². The number of hydrogen-bond acceptors (Lipinski definition) is 4. The summed E-state index contributed by atoms with van der Waals surface area (Å²) in [6, 6.07) is 16.9. The lowest BCUT2D eigenvalue weighted by atomic mass is 10.2. The fourth-order valence-corrected chi connectivity index (χ4v) is 2.92. The minimum absolute atomic E-state index is 0.0625. The summed E-state index contributed by atoms with van der Waals surface area (Å²) in [5.74, 6) is -0.0625. The Hall–Kier alpha value is -2.99. The lowest BCUT2D eigenvalue weighted by Gasteiger charge is -2.22. The van der Waals surface area contributed by atoms with Gasteiger partial charge in [-0.05, 0) is 17.7 Å². The van der Waals surface area contributed by atoms with Crippen LogP contribution < -0.4 is 5.43 Å². The van der Waals surface area contributed by atoms with Crippen LogP contribution >= 0.6 is 0 Å². The zero-order chi connectivity index (χ0) is 18.4. The van der Waals surface area contributed by atoms with Crippen LogP contribution in [0, 0.1) is 0 Å². The highest BCUT2D eigenvalue weighted by Crippen LogP contribution is 2.10. The first-order valence-electron chi connectivity index (χ1n) is 8.56. The maximum Gasteiger partial charge on any atom is 0.224 e. The molecule has 1 heterocycles. The number of carbonyl (C=O) groups is 1. The maximum absolute atomic E-state index is 12.6. The minimum atomic E-state index is -0.130. The molecule has 1 aromatic heterocycles. The quantitative estimate of drug-likeness (QED) is 0.704. The van der Waals surface area contributed by atoms with E-state index in [4.69, 9.17) is 0 Å². The van der Waals surface area contributed by atoms with Crippen LogP contribution in [0.3, 0.4) is 0 Å². The van der Waals surface area contributed by atoms with Crippen molar-refractivity contribution >= 4 is 16.8 Å². The Kier molecular flexibility index (Phi) is 5.76. The Morgan fingerprint density at radius 3 is 2.58 bits per heavy atom. The molecular formula is C20H21N3O3. The summed E-state index contributed by atoms with van der Waals surface area (Å²) in [5.41, 5.74) is 1.60. The van der Waals surface area contributed by atoms with E-state index < -0.39 is 0 Å². The largest absolute Gasteiger partial charge is 0.395 e. The molecule has 3 rings (SSSR count). The molecule has 0 bridgehead atoms. The summed E-state index contributed by atoms with van der Waals surface area (Å²) in [5, 5.41) is 14.0. The molecule has 0 fully saturated rings. The van der Waals surface area contributed by atoms with Gasteiger partial charge in [-0.2, -0.15) is 5.10 Å². The third-order valence-electron chi connectivity index (χ3n) is 4.24. The second-order valence-electron chi connectivity index (χ2n) is 6.02. The number of aromatic nitrogens is 2. The van der Waals surface area contributed by atoms with E-state index >= 15 is 0 Å². The zero-order valence-electron chi connectivity index (χ0n) is 14.4. The first-order chi connectivity index (χ1) is 12.7. The van der Waals surface area contributed by atoms with Crippen LogP contribution in [0.2, 0.25) is 0 Å². The second-order valence-corrected chi connectivity index (χ2v) is 6.02. The lowest BCUT2D eigenvalue weighted by molar-refractivity contribution is -0.132. The van der Waals surface area contributed by atoms with Gasteiger partial charge in [-0.15, -0.1) is 0 Å². The van der Waals surface area contributed by atoms with Crippen molar-refractivity contribution in [2.75, 3.05) is 13.2 Å². The third-order valence-corrected chi connectivity index (χ3v) is 4.24. The molecule has 2 aromatic carbocycles. The van der Waals surface area contributed by atoms with Gasteiger partial charge < -0.3 is 10.0 Å². The molecule has 0 aliphatic rings. The van der Waals surface area contributed by atoms with E-state index in [9.17, 15) is 14.7 Å². The molecule has 0 atom stereocenters. The van der Waals surface area contributed by atoms with Crippen molar-refractivity contribution < 1.29 is 9.90 Å². The Balaban J connectivity index is 1.72. The van der Waals surface area contributed by atoms with E-state index in [1.807, 2.05) is 48.5 Å². The number of carbonyl (C=O) groups excluding carboxylic acids is 1. The highest BCUT2D eigenvalue weighted by Gasteiger charge is 2.14. The normalized spacial score (nSPS) is 10.8. The Labute approximate surface area is 151 Å². The summed E-state index contributed by atoms with van der Waals surface area (Å²) >= 11 is 0. The summed E-state index contributed by atoms with van der Waals surface area (Å²) < 4.78 is 1.67. The fraction of sp³-hybridized carbons (Fsp3) is 0.250. The van der Waals surface area contributed by atoms with Gasteiger partial charge >= 0.3 is 0 Å². The number of nitrogens with zero attached hydrogens (tertiary/aromatic N) is 3. The van der Waals surface area contributed by atoms with E-state index in [0.29, 0.717) is 24.0 Å². The number of benzene rings is 2. The lowest BCUT2D eigenvalue weighted by Crippen LogP contribution is -2.33. The molecule has 1 amide bonds. The Bertz CT molecular complexity index is 938. The number of para-hydroxylation sites is 1. The van der Waals surface area contributed by atoms with Gasteiger partial charge in [0, 0.05) is 24.9 Å². The minimum Gasteiger partial charge on any atom is -0.395 e. The molecule has 0 saturated carbocycles. The molecule has 0 saturated heterocycles. The van der Waals surface area contributed by atoms with Crippen LogP contribution in [0.15, 0.2) is 65.6 Å². The van der Waals surface area contributed by atoms with E-state index in [2.05, 4.69) is 5.10 Å². The Morgan fingerprint density at radius 1 is 1.08 bits per heavy atom. The summed E-state index contributed by atoms with van der Waals surface area (Å²) in [6.45, 7) is 1.03. The summed E-state index contributed by atoms with van der Waals surface area (Å²) in [7, 11) is 0. The van der Waals surface area contributed by atoms with E-state index in [1.165, 1.54) is 6.20 Å². The smallest absolute Gasteiger partial charge is 0.224 e. The number of fused-ring (bicyclic) bond motifs is 1. The topological polar surface area (TPSA) is 75.4 Å². The molecule has 134 valence electrons. The molecule has 0 aliphatic heterocycles. The average Bonchev–Trinajstić information content (AvgIpc) is 2.68. The third kappa shape index (κ3) is 4.15. The predicted molar refractivity (Wildman–Crippen MR) is 99.6 cm³/mol. The summed E-state index contributed by atoms with van der Waals surface area (Å²) in [6.07, 6.45) is 1.52. The first kappa shape index (κ1) is 17.8. The van der Waals surface area contributed by atoms with Crippen LogP contribution in [0.1, 0.15) is 12.0 Å². The van der Waals surface area contributed by atoms with Crippen molar-refractivity contribution in [3.63, 3.8) is 0 Å². The highest BCUT2D eigenvalue weighted by atomic mass is 16.3. The zero-order valence-corrected chi connectivity index (χ0v) is 14.4. The van der Waals surface area contributed by atoms with Gasteiger partial charge in [-0.1, -0.05) is 42.5 Å². The van der Waals surface area contributed by atoms with Crippen molar-refractivity contribution in [2.45, 2.75) is 19.5 Å². The molecule has 3 aromatic rings. The average molecular weight is 351 g/mol. The first-order valence-corrected chi connectivity index (χ1v) is 8.56. The predicted octanol–water partition coefficient (Wildman–Crippen LogP) is 1.81. The van der Waals surface area contributed by atoms with Crippen LogP contribution in [0.25, 0.3) is 10.9 Å². The number of aliphatic hydroxyl groups excluding tert-OH is 1. The molecular weight excluding hydrogens is 330 g/mol. The second kappa shape index (κ2) is 8.40. The number of rotatable bonds is 7. The van der Waals surface area contributed by atoms with Crippen molar-refractivity contribution in [2.24, 2.45) is 0 Å². The van der Waals surface area contributed by atoms with Gasteiger partial charge in [0.2, 0.25) is 11.3 Å². The Morgan fingerprint density at radius 2 is 1.81 bits per heavy atom. The van der Waals surface area contributed by atoms with Gasteiger partial charge in [0.15, 0.2) is 0 Å². The molecule has 0 radical (unpaired) electrons. The van der Waals surface area contributed by atoms with Crippen molar-refractivity contribution in [1.29, 1.82) is 0 Å². The molecule has 6 heteroatoms. The van der Waals surface area contributed by atoms with Gasteiger partial charge in [-0.25, -0.2) is 0 Å². The van der Waals surface area contributed by atoms with Gasteiger partial charge in [0.25, 0.3) is 0 Å². The number of aliphatic hydroxyl groups is 1. The standard InChI is InChI=1S/C20H21N3O3/c24-13-12-22(15-16-6-2-1-3-7-16)20(26)10-11-23-18-9-5-4-8-17(18)19(25)14-21-23/h1-9,14,24H,10-13,15H2. The maximum atomic E-state index is 12.6. The molecule has 0 unspecified atom stereocenters. The van der Waals surface area contributed by atoms with Crippen molar-refractivity contribution in [3.05, 3.63) is 76.6 Å². The summed E-state index contributed by atoms with van der Waals surface area (Å²) in [4.78, 5) is 26.2. The van der Waals surface area contributed by atoms with Crippen LogP contribution in [0.5, 0.6) is 0 Å². The van der Waals surface area contributed by atoms with E-state index in [0.717, 1.165) is 5.56 Å². The molecule has 6 nitrogen and oxygen atoms in total. The molecule has 0 spiro atoms. The fourth-order valence-electron chi connectivity index (χ4n) is 2.92. The number of aryl methyl sites for hydroxylation is 1. The molecule has 0 aliphatic carbocycles. The molecule has 1 N–H and O–H groups in total. The number of amides is 1. The van der Waals surface area contributed by atoms with E-state index in [1.54, 1.807) is 15.6 Å². The van der Waals surface area contributed by atoms with E-state index in [-0.39, 0.29) is 30.9 Å². The SMILES string of the molecule is O=C(CCn1ncc(=O)c2ccccc21)N(CCO)Cc1ccccc1. The van der Waals surface area contributed by atoms with Crippen molar-refractivity contribution in [3.8, 4) is 0 Å². The number of hydrogen-bond donors (Lipinski definition) is 1. The highest BCUT2D eigenvalue weighted by molar-refractivity contribution is 5.79. The van der Waals surface area contributed by atoms with Crippen LogP contribution in [-0.4, -0.2) is 38.8 Å². The van der Waals surface area contributed by atoms with Crippen LogP contribution in [-0.2, 0) is 17.9 Å². The van der Waals surface area contributed by atoms with Gasteiger partial charge in [-0.3, -0.25) is 14.3 Å². The monoisotopic (exact) mass is 351 g/mol. The van der Waals surface area contributed by atoms with Gasteiger partial charge in [0.1, 0.15) is 0 Å². The van der Waals surface area contributed by atoms with Gasteiger partial charge in [0.05, 0.1) is 24.9 Å².